The number of rotatable bonds is 3. The lowest BCUT2D eigenvalue weighted by molar-refractivity contribution is -0.0505. The van der Waals surface area contributed by atoms with Crippen molar-refractivity contribution in [3.8, 4) is 0 Å². The van der Waals surface area contributed by atoms with Crippen LogP contribution in [0.25, 0.3) is 0 Å². The average molecular weight is 292 g/mol. The smallest absolute Gasteiger partial charge is 0.317 e. The van der Waals surface area contributed by atoms with Gasteiger partial charge < -0.3 is 10.2 Å². The van der Waals surface area contributed by atoms with Gasteiger partial charge in [0.1, 0.15) is 0 Å². The van der Waals surface area contributed by atoms with E-state index >= 15 is 0 Å². The van der Waals surface area contributed by atoms with Crippen molar-refractivity contribution in [2.24, 2.45) is 23.2 Å². The van der Waals surface area contributed by atoms with Gasteiger partial charge in [-0.25, -0.2) is 4.79 Å². The zero-order valence-corrected chi connectivity index (χ0v) is 14.2. The van der Waals surface area contributed by atoms with Crippen molar-refractivity contribution < 1.29 is 4.79 Å². The third kappa shape index (κ3) is 2.93. The van der Waals surface area contributed by atoms with Gasteiger partial charge in [0, 0.05) is 18.6 Å². The van der Waals surface area contributed by atoms with Gasteiger partial charge in [-0.2, -0.15) is 0 Å². The largest absolute Gasteiger partial charge is 0.337 e. The van der Waals surface area contributed by atoms with E-state index < -0.39 is 0 Å². The van der Waals surface area contributed by atoms with Crippen LogP contribution in [0.2, 0.25) is 0 Å². The fourth-order valence-corrected chi connectivity index (χ4v) is 5.79. The SMILES string of the molecule is CCN(C(=O)NCC12CC3CC(CC(C3)C1)C2)C(C)(C)C. The van der Waals surface area contributed by atoms with E-state index in [1.54, 1.807) is 0 Å². The molecular formula is C18H32N2O. The minimum absolute atomic E-state index is 0.0969. The molecule has 0 saturated heterocycles. The fraction of sp³-hybridized carbons (Fsp3) is 0.944. The molecule has 0 aromatic rings. The number of hydrogen-bond acceptors (Lipinski definition) is 1. The quantitative estimate of drug-likeness (QED) is 0.836. The zero-order valence-electron chi connectivity index (χ0n) is 14.2. The Morgan fingerprint density at radius 2 is 1.57 bits per heavy atom. The topological polar surface area (TPSA) is 32.3 Å². The molecule has 120 valence electrons. The maximum absolute atomic E-state index is 12.5. The summed E-state index contributed by atoms with van der Waals surface area (Å²) in [5.74, 6) is 2.87. The van der Waals surface area contributed by atoms with E-state index in [0.717, 1.165) is 30.8 Å². The minimum atomic E-state index is -0.0969. The van der Waals surface area contributed by atoms with Crippen LogP contribution in [-0.4, -0.2) is 29.6 Å². The van der Waals surface area contributed by atoms with Crippen LogP contribution in [0.1, 0.15) is 66.2 Å². The highest BCUT2D eigenvalue weighted by Crippen LogP contribution is 2.59. The molecule has 0 aromatic heterocycles. The third-order valence-corrected chi connectivity index (χ3v) is 6.15. The molecule has 0 aliphatic heterocycles. The van der Waals surface area contributed by atoms with Crippen LogP contribution in [0.15, 0.2) is 0 Å². The number of amides is 2. The van der Waals surface area contributed by atoms with E-state index in [4.69, 9.17) is 0 Å². The monoisotopic (exact) mass is 292 g/mol. The first-order chi connectivity index (χ1) is 9.81. The summed E-state index contributed by atoms with van der Waals surface area (Å²) in [5.41, 5.74) is 0.335. The lowest BCUT2D eigenvalue weighted by Gasteiger charge is -2.57. The van der Waals surface area contributed by atoms with E-state index in [2.05, 4.69) is 33.0 Å². The highest BCUT2D eigenvalue weighted by Gasteiger charge is 2.50. The summed E-state index contributed by atoms with van der Waals surface area (Å²) in [5, 5.41) is 3.28. The standard InChI is InChI=1S/C18H32N2O/c1-5-20(17(2,3)4)16(21)19-12-18-9-13-6-14(10-18)8-15(7-13)11-18/h13-15H,5-12H2,1-4H3,(H,19,21). The van der Waals surface area contributed by atoms with Gasteiger partial charge in [-0.1, -0.05) is 0 Å². The first-order valence-electron chi connectivity index (χ1n) is 8.87. The van der Waals surface area contributed by atoms with Crippen molar-refractivity contribution in [1.82, 2.24) is 10.2 Å². The Morgan fingerprint density at radius 3 is 1.95 bits per heavy atom. The average Bonchev–Trinajstić information content (AvgIpc) is 2.34. The van der Waals surface area contributed by atoms with E-state index in [9.17, 15) is 4.79 Å². The summed E-state index contributed by atoms with van der Waals surface area (Å²) in [6, 6.07) is 0.126. The zero-order chi connectivity index (χ0) is 15.3. The third-order valence-electron chi connectivity index (χ3n) is 6.15. The van der Waals surface area contributed by atoms with Crippen LogP contribution >= 0.6 is 0 Å². The van der Waals surface area contributed by atoms with E-state index in [0.29, 0.717) is 5.41 Å². The van der Waals surface area contributed by atoms with E-state index in [1.807, 2.05) is 4.90 Å². The molecule has 4 fully saturated rings. The van der Waals surface area contributed by atoms with Gasteiger partial charge in [-0.3, -0.25) is 0 Å². The molecule has 4 bridgehead atoms. The summed E-state index contributed by atoms with van der Waals surface area (Å²) in [6.45, 7) is 10.1. The molecule has 0 spiro atoms. The summed E-state index contributed by atoms with van der Waals surface area (Å²) in [6.07, 6.45) is 8.49. The fourth-order valence-electron chi connectivity index (χ4n) is 5.79. The molecule has 3 nitrogen and oxygen atoms in total. The van der Waals surface area contributed by atoms with E-state index in [-0.39, 0.29) is 11.6 Å². The Balaban J connectivity index is 1.61. The van der Waals surface area contributed by atoms with Crippen LogP contribution in [0, 0.1) is 23.2 Å². The van der Waals surface area contributed by atoms with Crippen LogP contribution < -0.4 is 5.32 Å². The summed E-state index contributed by atoms with van der Waals surface area (Å²) >= 11 is 0. The van der Waals surface area contributed by atoms with Crippen LogP contribution in [-0.2, 0) is 0 Å². The van der Waals surface area contributed by atoms with Crippen LogP contribution in [0.5, 0.6) is 0 Å². The Bertz CT molecular complexity index is 375. The molecule has 0 aromatic carbocycles. The molecule has 0 atom stereocenters. The molecule has 1 N–H and O–H groups in total. The molecule has 2 amide bonds. The second-order valence-corrected chi connectivity index (χ2v) is 8.99. The van der Waals surface area contributed by atoms with Gasteiger partial charge in [0.05, 0.1) is 0 Å². The van der Waals surface area contributed by atoms with Crippen LogP contribution in [0.3, 0.4) is 0 Å². The molecule has 4 saturated carbocycles. The predicted molar refractivity (Wildman–Crippen MR) is 86.1 cm³/mol. The first-order valence-corrected chi connectivity index (χ1v) is 8.87. The van der Waals surface area contributed by atoms with Gasteiger partial charge >= 0.3 is 6.03 Å². The number of urea groups is 1. The van der Waals surface area contributed by atoms with Crippen molar-refractivity contribution in [2.45, 2.75) is 71.8 Å². The molecule has 4 aliphatic carbocycles. The second kappa shape index (κ2) is 5.17. The maximum atomic E-state index is 12.5. The van der Waals surface area contributed by atoms with Gasteiger partial charge in [-0.05, 0) is 89.4 Å². The normalized spacial score (nSPS) is 37.6. The summed E-state index contributed by atoms with van der Waals surface area (Å²) in [4.78, 5) is 14.5. The summed E-state index contributed by atoms with van der Waals surface area (Å²) in [7, 11) is 0. The number of carbonyl (C=O) groups excluding carboxylic acids is 1. The molecule has 3 heteroatoms. The lowest BCUT2D eigenvalue weighted by Crippen LogP contribution is -2.55. The van der Waals surface area contributed by atoms with Gasteiger partial charge in [0.2, 0.25) is 0 Å². The number of nitrogens with one attached hydrogen (secondary N) is 1. The molecule has 21 heavy (non-hydrogen) atoms. The van der Waals surface area contributed by atoms with Crippen LogP contribution in [0.4, 0.5) is 4.79 Å². The Labute approximate surface area is 129 Å². The Morgan fingerprint density at radius 1 is 1.10 bits per heavy atom. The highest BCUT2D eigenvalue weighted by atomic mass is 16.2. The molecule has 0 unspecified atom stereocenters. The maximum Gasteiger partial charge on any atom is 0.317 e. The number of nitrogens with zero attached hydrogens (tertiary/aromatic N) is 1. The summed E-state index contributed by atoms with van der Waals surface area (Å²) < 4.78 is 0. The molecular weight excluding hydrogens is 260 g/mol. The van der Waals surface area contributed by atoms with Crippen molar-refractivity contribution >= 4 is 6.03 Å². The first kappa shape index (κ1) is 15.2. The molecule has 4 aliphatic rings. The molecule has 4 rings (SSSR count). The predicted octanol–water partition coefficient (Wildman–Crippen LogP) is 4.03. The highest BCUT2D eigenvalue weighted by molar-refractivity contribution is 5.75. The second-order valence-electron chi connectivity index (χ2n) is 8.99. The van der Waals surface area contributed by atoms with Crippen molar-refractivity contribution in [3.05, 3.63) is 0 Å². The minimum Gasteiger partial charge on any atom is -0.337 e. The lowest BCUT2D eigenvalue weighted by atomic mass is 9.49. The van der Waals surface area contributed by atoms with Gasteiger partial charge in [0.25, 0.3) is 0 Å². The van der Waals surface area contributed by atoms with Crippen molar-refractivity contribution in [1.29, 1.82) is 0 Å². The number of carbonyl (C=O) groups is 1. The molecule has 0 radical (unpaired) electrons. The number of hydrogen-bond donors (Lipinski definition) is 1. The Hall–Kier alpha value is -0.730. The van der Waals surface area contributed by atoms with Crippen molar-refractivity contribution in [3.63, 3.8) is 0 Å². The van der Waals surface area contributed by atoms with Gasteiger partial charge in [-0.15, -0.1) is 0 Å². The Kier molecular flexibility index (Phi) is 3.74. The van der Waals surface area contributed by atoms with E-state index in [1.165, 1.54) is 38.5 Å². The molecule has 0 heterocycles. The van der Waals surface area contributed by atoms with Crippen molar-refractivity contribution in [2.75, 3.05) is 13.1 Å². The van der Waals surface area contributed by atoms with Gasteiger partial charge in [0.15, 0.2) is 0 Å².